The molecule has 3 aliphatic rings. The van der Waals surface area contributed by atoms with Crippen molar-refractivity contribution in [2.24, 2.45) is 11.3 Å². The fourth-order valence-electron chi connectivity index (χ4n) is 6.02. The summed E-state index contributed by atoms with van der Waals surface area (Å²) in [6, 6.07) is 12.9. The molecule has 0 aromatic heterocycles. The molecule has 1 unspecified atom stereocenters. The Hall–Kier alpha value is -3.75. The lowest BCUT2D eigenvalue weighted by Gasteiger charge is -2.41. The van der Waals surface area contributed by atoms with Crippen molar-refractivity contribution in [2.45, 2.75) is 65.0 Å². The van der Waals surface area contributed by atoms with Crippen molar-refractivity contribution in [1.82, 2.24) is 10.2 Å². The molecule has 2 N–H and O–H groups in total. The third-order valence-corrected chi connectivity index (χ3v) is 8.31. The zero-order valence-corrected chi connectivity index (χ0v) is 22.8. The van der Waals surface area contributed by atoms with Gasteiger partial charge in [-0.15, -0.1) is 0 Å². The van der Waals surface area contributed by atoms with Crippen LogP contribution in [-0.2, 0) is 4.79 Å². The molecule has 2 aliphatic heterocycles. The monoisotopic (exact) mass is 535 g/mol. The van der Waals surface area contributed by atoms with E-state index in [0.29, 0.717) is 29.5 Å². The number of carbonyl (C=O) groups excluding carboxylic acids is 2. The average molecular weight is 536 g/mol. The lowest BCUT2D eigenvalue weighted by Crippen LogP contribution is -2.43. The van der Waals surface area contributed by atoms with Crippen LogP contribution in [0.25, 0.3) is 0 Å². The van der Waals surface area contributed by atoms with Crippen LogP contribution in [0.5, 0.6) is 11.5 Å². The van der Waals surface area contributed by atoms with Gasteiger partial charge < -0.3 is 24.8 Å². The van der Waals surface area contributed by atoms with Gasteiger partial charge in [-0.2, -0.15) is 0 Å². The molecule has 5 rings (SSSR count). The number of hydrogen-bond acceptors (Lipinski definition) is 5. The van der Waals surface area contributed by atoms with Gasteiger partial charge in [0, 0.05) is 29.9 Å². The largest absolute Gasteiger partial charge is 0.481 e. The number of nitrogens with zero attached hydrogens (tertiary/aromatic N) is 2. The number of carbonyl (C=O) groups is 3. The number of benzene rings is 2. The normalized spacial score (nSPS) is 22.7. The summed E-state index contributed by atoms with van der Waals surface area (Å²) in [4.78, 5) is 41.1. The second-order valence-corrected chi connectivity index (χ2v) is 11.7. The number of carboxylic acids is 1. The van der Waals surface area contributed by atoms with E-state index in [1.165, 1.54) is 0 Å². The Morgan fingerprint density at radius 1 is 1.00 bits per heavy atom. The molecule has 2 aromatic rings. The number of anilines is 1. The van der Waals surface area contributed by atoms with E-state index in [0.717, 1.165) is 36.9 Å². The Kier molecular flexibility index (Phi) is 7.42. The molecule has 0 spiro atoms. The number of amides is 3. The van der Waals surface area contributed by atoms with Crippen LogP contribution in [0.15, 0.2) is 42.5 Å². The summed E-state index contributed by atoms with van der Waals surface area (Å²) in [5.41, 5.74) is 2.44. The Morgan fingerprint density at radius 2 is 1.69 bits per heavy atom. The van der Waals surface area contributed by atoms with E-state index in [2.05, 4.69) is 26.1 Å². The van der Waals surface area contributed by atoms with Gasteiger partial charge in [-0.25, -0.2) is 4.79 Å². The van der Waals surface area contributed by atoms with Crippen molar-refractivity contribution in [1.29, 1.82) is 0 Å². The Labute approximate surface area is 229 Å². The van der Waals surface area contributed by atoms with Crippen molar-refractivity contribution < 1.29 is 29.0 Å². The summed E-state index contributed by atoms with van der Waals surface area (Å²) in [7, 11) is 0. The van der Waals surface area contributed by atoms with Gasteiger partial charge in [0.2, 0.25) is 6.79 Å². The second kappa shape index (κ2) is 10.8. The number of rotatable bonds is 7. The van der Waals surface area contributed by atoms with Crippen LogP contribution in [-0.4, -0.2) is 53.8 Å². The summed E-state index contributed by atoms with van der Waals surface area (Å²) in [5, 5.41) is 11.4. The summed E-state index contributed by atoms with van der Waals surface area (Å²) < 4.78 is 11.0. The maximum absolute atomic E-state index is 14.0. The standard InChI is InChI=1S/C30H37N3O6/c1-30(2,3)21-8-10-22(11-9-21)33-24(19-4-6-20(7-5-19)28(36)31-15-14-27(34)35)17-32(29(33)37)23-12-13-25-26(16-23)39-18-38-25/h4-7,12-13,16,21-22,24H,8-11,14-15,17-18H2,1-3H3,(H,31,36)(H,34,35). The fraction of sp³-hybridized carbons (Fsp3) is 0.500. The van der Waals surface area contributed by atoms with Gasteiger partial charge >= 0.3 is 12.0 Å². The van der Waals surface area contributed by atoms with E-state index >= 15 is 0 Å². The lowest BCUT2D eigenvalue weighted by molar-refractivity contribution is -0.136. The molecule has 39 heavy (non-hydrogen) atoms. The summed E-state index contributed by atoms with van der Waals surface area (Å²) >= 11 is 0. The predicted octanol–water partition coefficient (Wildman–Crippen LogP) is 5.21. The zero-order valence-electron chi connectivity index (χ0n) is 22.8. The minimum atomic E-state index is -0.958. The van der Waals surface area contributed by atoms with E-state index in [4.69, 9.17) is 14.6 Å². The van der Waals surface area contributed by atoms with Gasteiger partial charge in [0.15, 0.2) is 11.5 Å². The molecule has 3 amide bonds. The molecule has 1 saturated carbocycles. The molecule has 2 aromatic carbocycles. The average Bonchev–Trinajstić information content (AvgIpc) is 3.52. The van der Waals surface area contributed by atoms with E-state index in [1.807, 2.05) is 40.1 Å². The highest BCUT2D eigenvalue weighted by Gasteiger charge is 2.44. The topological polar surface area (TPSA) is 108 Å². The molecule has 208 valence electrons. The molecule has 1 saturated heterocycles. The van der Waals surface area contributed by atoms with Crippen LogP contribution in [0.3, 0.4) is 0 Å². The first-order chi connectivity index (χ1) is 18.6. The number of urea groups is 1. The minimum Gasteiger partial charge on any atom is -0.481 e. The van der Waals surface area contributed by atoms with Crippen LogP contribution < -0.4 is 19.7 Å². The smallest absolute Gasteiger partial charge is 0.325 e. The van der Waals surface area contributed by atoms with Crippen molar-refractivity contribution in [3.63, 3.8) is 0 Å². The molecular weight excluding hydrogens is 498 g/mol. The van der Waals surface area contributed by atoms with Crippen LogP contribution in [0, 0.1) is 11.3 Å². The summed E-state index contributed by atoms with van der Waals surface area (Å²) in [6.45, 7) is 7.62. The van der Waals surface area contributed by atoms with Crippen LogP contribution >= 0.6 is 0 Å². The number of aliphatic carboxylic acids is 1. The van der Waals surface area contributed by atoms with Crippen LogP contribution in [0.4, 0.5) is 10.5 Å². The first-order valence-corrected chi connectivity index (χ1v) is 13.7. The maximum atomic E-state index is 14.0. The number of hydrogen-bond donors (Lipinski definition) is 2. The second-order valence-electron chi connectivity index (χ2n) is 11.7. The third-order valence-electron chi connectivity index (χ3n) is 8.31. The highest BCUT2D eigenvalue weighted by atomic mass is 16.7. The quantitative estimate of drug-likeness (QED) is 0.504. The lowest BCUT2D eigenvalue weighted by atomic mass is 9.71. The molecule has 2 fully saturated rings. The number of carboxylic acid groups (broad SMARTS) is 1. The molecule has 2 heterocycles. The molecule has 9 nitrogen and oxygen atoms in total. The molecule has 1 atom stereocenters. The maximum Gasteiger partial charge on any atom is 0.325 e. The number of nitrogens with one attached hydrogen (secondary N) is 1. The van der Waals surface area contributed by atoms with Gasteiger partial charge in [-0.1, -0.05) is 32.9 Å². The highest BCUT2D eigenvalue weighted by Crippen LogP contribution is 2.44. The summed E-state index contributed by atoms with van der Waals surface area (Å²) in [5.74, 6) is 0.675. The summed E-state index contributed by atoms with van der Waals surface area (Å²) in [6.07, 6.45) is 3.97. The van der Waals surface area contributed by atoms with Gasteiger partial charge in [0.1, 0.15) is 0 Å². The van der Waals surface area contributed by atoms with Crippen molar-refractivity contribution >= 4 is 23.6 Å². The molecule has 0 radical (unpaired) electrons. The number of ether oxygens (including phenoxy) is 2. The number of fused-ring (bicyclic) bond motifs is 1. The van der Waals surface area contributed by atoms with E-state index in [9.17, 15) is 14.4 Å². The van der Waals surface area contributed by atoms with E-state index < -0.39 is 5.97 Å². The van der Waals surface area contributed by atoms with Gasteiger partial charge in [0.25, 0.3) is 5.91 Å². The van der Waals surface area contributed by atoms with Crippen molar-refractivity contribution in [3.8, 4) is 11.5 Å². The molecule has 1 aliphatic carbocycles. The minimum absolute atomic E-state index is 0.0198. The van der Waals surface area contributed by atoms with Crippen molar-refractivity contribution in [3.05, 3.63) is 53.6 Å². The van der Waals surface area contributed by atoms with Crippen molar-refractivity contribution in [2.75, 3.05) is 24.8 Å². The molecular formula is C30H37N3O6. The first-order valence-electron chi connectivity index (χ1n) is 13.7. The van der Waals surface area contributed by atoms with Crippen LogP contribution in [0.2, 0.25) is 0 Å². The van der Waals surface area contributed by atoms with Gasteiger partial charge in [0.05, 0.1) is 19.0 Å². The first kappa shape index (κ1) is 26.8. The van der Waals surface area contributed by atoms with E-state index in [-0.39, 0.29) is 49.2 Å². The Morgan fingerprint density at radius 3 is 2.36 bits per heavy atom. The SMILES string of the molecule is CC(C)(C)C1CCC(N2C(=O)N(c3ccc4c(c3)OCO4)CC2c2ccc(C(=O)NCCC(=O)O)cc2)CC1. The third kappa shape index (κ3) is 5.67. The Balaban J connectivity index is 1.38. The molecule has 9 heteroatoms. The zero-order chi connectivity index (χ0) is 27.7. The van der Waals surface area contributed by atoms with E-state index in [1.54, 1.807) is 12.1 Å². The van der Waals surface area contributed by atoms with Gasteiger partial charge in [-0.3, -0.25) is 14.5 Å². The fourth-order valence-corrected chi connectivity index (χ4v) is 6.02. The molecule has 0 bridgehead atoms. The highest BCUT2D eigenvalue weighted by molar-refractivity contribution is 5.96. The Bertz CT molecular complexity index is 1230. The predicted molar refractivity (Wildman–Crippen MR) is 146 cm³/mol. The van der Waals surface area contributed by atoms with Crippen LogP contribution in [0.1, 0.15) is 74.8 Å². The van der Waals surface area contributed by atoms with Gasteiger partial charge in [-0.05, 0) is 66.8 Å².